The van der Waals surface area contributed by atoms with Crippen LogP contribution in [-0.2, 0) is 28.9 Å². The number of ether oxygens (including phenoxy) is 1. The van der Waals surface area contributed by atoms with Crippen molar-refractivity contribution in [2.75, 3.05) is 13.2 Å². The largest absolute Gasteiger partial charge is 0.463 e. The molecule has 29 heavy (non-hydrogen) atoms. The highest BCUT2D eigenvalue weighted by atomic mass is 32.1. The predicted octanol–water partition coefficient (Wildman–Crippen LogP) is 2.53. The summed E-state index contributed by atoms with van der Waals surface area (Å²) < 4.78 is 5.13. The van der Waals surface area contributed by atoms with Crippen LogP contribution < -0.4 is 5.56 Å². The molecule has 0 bridgehead atoms. The molecule has 0 aromatic carbocycles. The molecule has 1 saturated carbocycles. The van der Waals surface area contributed by atoms with E-state index in [4.69, 9.17) is 9.72 Å². The Hall–Kier alpha value is -1.77. The lowest BCUT2D eigenvalue weighted by molar-refractivity contribution is -0.147. The van der Waals surface area contributed by atoms with Crippen LogP contribution >= 0.6 is 11.3 Å². The molecule has 0 spiro atoms. The molecule has 1 fully saturated rings. The number of esters is 1. The van der Waals surface area contributed by atoms with Gasteiger partial charge in [0, 0.05) is 23.9 Å². The standard InChI is InChI=1S/C21H29N3O4S/c1-2-5-18(26)28-12-14(25)10-24(13-8-9-13)11-17-22-20(27)19-15-6-3-4-7-16(15)29-21(19)23-17/h13-14,25H,2-12H2,1H3,(H,22,23,27)/t14-/m1/s1. The van der Waals surface area contributed by atoms with E-state index in [1.807, 2.05) is 6.92 Å². The van der Waals surface area contributed by atoms with Gasteiger partial charge in [0.2, 0.25) is 0 Å². The van der Waals surface area contributed by atoms with E-state index in [2.05, 4.69) is 9.88 Å². The summed E-state index contributed by atoms with van der Waals surface area (Å²) in [6.07, 6.45) is 6.83. The summed E-state index contributed by atoms with van der Waals surface area (Å²) in [7, 11) is 0. The summed E-state index contributed by atoms with van der Waals surface area (Å²) in [4.78, 5) is 36.3. The minimum absolute atomic E-state index is 0.00266. The number of nitrogens with one attached hydrogen (secondary N) is 1. The maximum absolute atomic E-state index is 12.7. The number of aromatic amines is 1. The molecule has 2 aromatic heterocycles. The van der Waals surface area contributed by atoms with Gasteiger partial charge in [-0.2, -0.15) is 0 Å². The highest BCUT2D eigenvalue weighted by Gasteiger charge is 2.31. The van der Waals surface area contributed by atoms with Crippen LogP contribution in [0.5, 0.6) is 0 Å². The van der Waals surface area contributed by atoms with Crippen molar-refractivity contribution in [1.29, 1.82) is 0 Å². The number of thiophene rings is 1. The van der Waals surface area contributed by atoms with Crippen LogP contribution in [0, 0.1) is 0 Å². The van der Waals surface area contributed by atoms with Gasteiger partial charge in [-0.15, -0.1) is 11.3 Å². The number of nitrogens with zero attached hydrogens (tertiary/aromatic N) is 2. The molecule has 0 saturated heterocycles. The third kappa shape index (κ3) is 4.87. The molecule has 8 heteroatoms. The van der Waals surface area contributed by atoms with Crippen LogP contribution in [0.15, 0.2) is 4.79 Å². The van der Waals surface area contributed by atoms with Crippen LogP contribution in [0.4, 0.5) is 0 Å². The summed E-state index contributed by atoms with van der Waals surface area (Å²) in [5, 5.41) is 11.1. The molecule has 1 atom stereocenters. The monoisotopic (exact) mass is 419 g/mol. The summed E-state index contributed by atoms with van der Waals surface area (Å²) in [6, 6.07) is 0.383. The van der Waals surface area contributed by atoms with E-state index in [9.17, 15) is 14.7 Å². The van der Waals surface area contributed by atoms with Crippen LogP contribution in [0.25, 0.3) is 10.2 Å². The SMILES string of the molecule is CCCC(=O)OC[C@H](O)CN(Cc1nc2sc3c(c2c(=O)[nH]1)CCCC3)C1CC1. The molecule has 0 radical (unpaired) electrons. The molecule has 2 aliphatic rings. The van der Waals surface area contributed by atoms with Crippen LogP contribution in [0.3, 0.4) is 0 Å². The fourth-order valence-electron chi connectivity index (χ4n) is 4.05. The molecule has 7 nitrogen and oxygen atoms in total. The van der Waals surface area contributed by atoms with Crippen LogP contribution in [0.2, 0.25) is 0 Å². The second-order valence-corrected chi connectivity index (χ2v) is 9.23. The number of H-pyrrole nitrogens is 1. The lowest BCUT2D eigenvalue weighted by atomic mass is 9.97. The van der Waals surface area contributed by atoms with E-state index >= 15 is 0 Å². The van der Waals surface area contributed by atoms with Gasteiger partial charge in [-0.25, -0.2) is 4.98 Å². The Balaban J connectivity index is 1.45. The number of aromatic nitrogens is 2. The minimum Gasteiger partial charge on any atom is -0.463 e. The summed E-state index contributed by atoms with van der Waals surface area (Å²) in [5.41, 5.74) is 1.15. The highest BCUT2D eigenvalue weighted by molar-refractivity contribution is 7.18. The summed E-state index contributed by atoms with van der Waals surface area (Å²) in [6.45, 7) is 2.80. The zero-order chi connectivity index (χ0) is 20.4. The van der Waals surface area contributed by atoms with Gasteiger partial charge < -0.3 is 14.8 Å². The fourth-order valence-corrected chi connectivity index (χ4v) is 5.33. The topological polar surface area (TPSA) is 95.5 Å². The number of hydrogen-bond donors (Lipinski definition) is 2. The maximum atomic E-state index is 12.7. The Bertz CT molecular complexity index is 934. The zero-order valence-electron chi connectivity index (χ0n) is 16.9. The molecule has 0 unspecified atom stereocenters. The van der Waals surface area contributed by atoms with Gasteiger partial charge in [0.15, 0.2) is 0 Å². The first kappa shape index (κ1) is 20.5. The van der Waals surface area contributed by atoms with Crippen molar-refractivity contribution in [3.8, 4) is 0 Å². The number of fused-ring (bicyclic) bond motifs is 3. The van der Waals surface area contributed by atoms with Crippen molar-refractivity contribution >= 4 is 27.5 Å². The highest BCUT2D eigenvalue weighted by Crippen LogP contribution is 2.34. The lowest BCUT2D eigenvalue weighted by Crippen LogP contribution is -2.37. The van der Waals surface area contributed by atoms with E-state index in [-0.39, 0.29) is 18.1 Å². The van der Waals surface area contributed by atoms with E-state index in [0.29, 0.717) is 31.4 Å². The lowest BCUT2D eigenvalue weighted by Gasteiger charge is -2.24. The average Bonchev–Trinajstić information content (AvgIpc) is 3.46. The summed E-state index contributed by atoms with van der Waals surface area (Å²) in [5.74, 6) is 0.366. The number of aryl methyl sites for hydroxylation is 2. The molecule has 2 N–H and O–H groups in total. The van der Waals surface area contributed by atoms with E-state index in [1.165, 1.54) is 16.9 Å². The van der Waals surface area contributed by atoms with Gasteiger partial charge in [-0.05, 0) is 50.5 Å². The molecular weight excluding hydrogens is 390 g/mol. The first-order chi connectivity index (χ1) is 14.0. The molecule has 0 amide bonds. The third-order valence-electron chi connectivity index (χ3n) is 5.63. The Morgan fingerprint density at radius 3 is 2.93 bits per heavy atom. The number of carbonyl (C=O) groups is 1. The Morgan fingerprint density at radius 1 is 1.38 bits per heavy atom. The molecule has 2 aliphatic carbocycles. The molecular formula is C21H29N3O4S. The molecule has 2 aromatic rings. The summed E-state index contributed by atoms with van der Waals surface area (Å²) >= 11 is 1.65. The fraction of sp³-hybridized carbons (Fsp3) is 0.667. The van der Waals surface area contributed by atoms with Gasteiger partial charge in [0.25, 0.3) is 5.56 Å². The quantitative estimate of drug-likeness (QED) is 0.607. The van der Waals surface area contributed by atoms with E-state index in [0.717, 1.165) is 48.7 Å². The number of aliphatic hydroxyl groups excluding tert-OH is 1. The Morgan fingerprint density at radius 2 is 2.17 bits per heavy atom. The van der Waals surface area contributed by atoms with Crippen molar-refractivity contribution in [3.05, 3.63) is 26.6 Å². The molecule has 0 aliphatic heterocycles. The molecule has 4 rings (SSSR count). The van der Waals surface area contributed by atoms with Crippen molar-refractivity contribution in [2.45, 2.75) is 77.0 Å². The van der Waals surface area contributed by atoms with Gasteiger partial charge in [-0.3, -0.25) is 14.5 Å². The predicted molar refractivity (Wildman–Crippen MR) is 112 cm³/mol. The van der Waals surface area contributed by atoms with Crippen LogP contribution in [-0.4, -0.2) is 51.2 Å². The van der Waals surface area contributed by atoms with E-state index < -0.39 is 6.10 Å². The van der Waals surface area contributed by atoms with Gasteiger partial charge in [0.1, 0.15) is 23.4 Å². The zero-order valence-corrected chi connectivity index (χ0v) is 17.7. The smallest absolute Gasteiger partial charge is 0.305 e. The van der Waals surface area contributed by atoms with E-state index in [1.54, 1.807) is 11.3 Å². The third-order valence-corrected chi connectivity index (χ3v) is 6.81. The average molecular weight is 420 g/mol. The van der Waals surface area contributed by atoms with Crippen molar-refractivity contribution in [3.63, 3.8) is 0 Å². The van der Waals surface area contributed by atoms with Gasteiger partial charge in [-0.1, -0.05) is 6.92 Å². The Kier molecular flexibility index (Phi) is 6.32. The number of carbonyl (C=O) groups excluding carboxylic acids is 1. The normalized spacial score (nSPS) is 17.5. The first-order valence-electron chi connectivity index (χ1n) is 10.7. The number of rotatable bonds is 9. The second-order valence-electron chi connectivity index (χ2n) is 8.15. The number of aliphatic hydroxyl groups is 1. The second kappa shape index (κ2) is 8.93. The molecule has 2 heterocycles. The van der Waals surface area contributed by atoms with Crippen molar-refractivity contribution in [1.82, 2.24) is 14.9 Å². The molecule has 158 valence electrons. The van der Waals surface area contributed by atoms with Crippen molar-refractivity contribution in [2.24, 2.45) is 0 Å². The van der Waals surface area contributed by atoms with Crippen molar-refractivity contribution < 1.29 is 14.6 Å². The van der Waals surface area contributed by atoms with Gasteiger partial charge in [0.05, 0.1) is 11.9 Å². The van der Waals surface area contributed by atoms with Gasteiger partial charge >= 0.3 is 5.97 Å². The Labute approximate surface area is 174 Å². The first-order valence-corrected chi connectivity index (χ1v) is 11.5. The number of hydrogen-bond acceptors (Lipinski definition) is 7. The maximum Gasteiger partial charge on any atom is 0.305 e. The van der Waals surface area contributed by atoms with Crippen LogP contribution in [0.1, 0.15) is 61.7 Å². The minimum atomic E-state index is -0.749.